The van der Waals surface area contributed by atoms with E-state index in [1.54, 1.807) is 13.0 Å². The van der Waals surface area contributed by atoms with E-state index in [1.165, 1.54) is 6.08 Å². The highest BCUT2D eigenvalue weighted by molar-refractivity contribution is 5.81. The van der Waals surface area contributed by atoms with Crippen LogP contribution in [0, 0.1) is 0 Å². The lowest BCUT2D eigenvalue weighted by Crippen LogP contribution is -2.26. The van der Waals surface area contributed by atoms with E-state index in [0.29, 0.717) is 19.7 Å². The molecule has 14 heavy (non-hydrogen) atoms. The molecule has 0 aromatic heterocycles. The first kappa shape index (κ1) is 13.1. The molecule has 0 spiro atoms. The Kier molecular flexibility index (Phi) is 8.17. The average Bonchev–Trinajstić information content (AvgIpc) is 2.17. The molecular formula is C10H19NO3. The summed E-state index contributed by atoms with van der Waals surface area (Å²) < 4.78 is 4.69. The number of esters is 1. The Morgan fingerprint density at radius 3 is 2.86 bits per heavy atom. The van der Waals surface area contributed by atoms with Crippen LogP contribution in [0.2, 0.25) is 0 Å². The molecule has 0 saturated heterocycles. The molecule has 0 amide bonds. The van der Waals surface area contributed by atoms with Crippen molar-refractivity contribution < 1.29 is 14.6 Å². The largest absolute Gasteiger partial charge is 0.463 e. The van der Waals surface area contributed by atoms with Gasteiger partial charge in [0.2, 0.25) is 0 Å². The molecule has 0 fully saturated rings. The molecule has 0 aromatic rings. The zero-order valence-electron chi connectivity index (χ0n) is 8.82. The maximum Gasteiger partial charge on any atom is 0.330 e. The molecule has 0 bridgehead atoms. The predicted octanol–water partition coefficient (Wildman–Crippen LogP) is 0.466. The van der Waals surface area contributed by atoms with Crippen LogP contribution in [0.5, 0.6) is 0 Å². The van der Waals surface area contributed by atoms with Gasteiger partial charge < -0.3 is 15.2 Å². The van der Waals surface area contributed by atoms with Gasteiger partial charge in [-0.15, -0.1) is 0 Å². The van der Waals surface area contributed by atoms with Crippen molar-refractivity contribution in [3.05, 3.63) is 12.2 Å². The van der Waals surface area contributed by atoms with Crippen LogP contribution in [0.15, 0.2) is 12.2 Å². The first-order chi connectivity index (χ1) is 6.70. The maximum absolute atomic E-state index is 10.8. The topological polar surface area (TPSA) is 58.6 Å². The Balaban J connectivity index is 3.39. The van der Waals surface area contributed by atoms with Gasteiger partial charge in [-0.1, -0.05) is 13.0 Å². The van der Waals surface area contributed by atoms with Gasteiger partial charge in [-0.2, -0.15) is 0 Å². The number of ether oxygens (including phenoxy) is 1. The Hall–Kier alpha value is -0.870. The summed E-state index contributed by atoms with van der Waals surface area (Å²) in [5.41, 5.74) is 0. The van der Waals surface area contributed by atoms with Crippen LogP contribution >= 0.6 is 0 Å². The van der Waals surface area contributed by atoms with E-state index in [0.717, 1.165) is 6.42 Å². The van der Waals surface area contributed by atoms with E-state index in [9.17, 15) is 9.90 Å². The van der Waals surface area contributed by atoms with Crippen LogP contribution in [0.25, 0.3) is 0 Å². The highest BCUT2D eigenvalue weighted by Gasteiger charge is 1.97. The fourth-order valence-corrected chi connectivity index (χ4v) is 0.823. The molecule has 4 heteroatoms. The van der Waals surface area contributed by atoms with Crippen LogP contribution < -0.4 is 5.32 Å². The number of carbonyl (C=O) groups excluding carboxylic acids is 1. The second-order valence-electron chi connectivity index (χ2n) is 2.87. The second kappa shape index (κ2) is 8.72. The lowest BCUT2D eigenvalue weighted by atomic mass is 10.3. The van der Waals surface area contributed by atoms with Crippen molar-refractivity contribution in [3.8, 4) is 0 Å². The summed E-state index contributed by atoms with van der Waals surface area (Å²) in [6.45, 7) is 5.19. The standard InChI is InChI=1S/C10H19NO3/c1-3-9(12)8-11-7-5-6-10(13)14-4-2/h5-6,9,11-12H,3-4,7-8H2,1-2H3/b6-5+. The summed E-state index contributed by atoms with van der Waals surface area (Å²) in [4.78, 5) is 10.8. The van der Waals surface area contributed by atoms with Crippen molar-refractivity contribution in [2.24, 2.45) is 0 Å². The molecule has 1 atom stereocenters. The number of hydrogen-bond donors (Lipinski definition) is 2. The monoisotopic (exact) mass is 201 g/mol. The van der Waals surface area contributed by atoms with E-state index >= 15 is 0 Å². The van der Waals surface area contributed by atoms with Crippen molar-refractivity contribution in [1.29, 1.82) is 0 Å². The van der Waals surface area contributed by atoms with Gasteiger partial charge >= 0.3 is 5.97 Å². The zero-order chi connectivity index (χ0) is 10.8. The highest BCUT2D eigenvalue weighted by Crippen LogP contribution is 1.86. The third-order valence-corrected chi connectivity index (χ3v) is 1.65. The molecule has 0 aliphatic rings. The summed E-state index contributed by atoms with van der Waals surface area (Å²) in [7, 11) is 0. The van der Waals surface area contributed by atoms with Gasteiger partial charge in [0.25, 0.3) is 0 Å². The van der Waals surface area contributed by atoms with E-state index in [-0.39, 0.29) is 12.1 Å². The van der Waals surface area contributed by atoms with Gasteiger partial charge in [-0.3, -0.25) is 0 Å². The molecule has 0 rings (SSSR count). The SMILES string of the molecule is CCOC(=O)/C=C/CNCC(O)CC. The number of hydrogen-bond acceptors (Lipinski definition) is 4. The van der Waals surface area contributed by atoms with Crippen LogP contribution in [0.1, 0.15) is 20.3 Å². The van der Waals surface area contributed by atoms with E-state index < -0.39 is 0 Å². The minimum Gasteiger partial charge on any atom is -0.463 e. The van der Waals surface area contributed by atoms with Gasteiger partial charge in [-0.25, -0.2) is 4.79 Å². The van der Waals surface area contributed by atoms with Crippen molar-refractivity contribution in [1.82, 2.24) is 5.32 Å². The summed E-state index contributed by atoms with van der Waals surface area (Å²) in [5.74, 6) is -0.328. The maximum atomic E-state index is 10.8. The first-order valence-corrected chi connectivity index (χ1v) is 4.92. The summed E-state index contributed by atoms with van der Waals surface area (Å²) in [5, 5.41) is 12.2. The number of carbonyl (C=O) groups is 1. The van der Waals surface area contributed by atoms with Gasteiger partial charge in [0.1, 0.15) is 0 Å². The third kappa shape index (κ3) is 7.76. The van der Waals surface area contributed by atoms with Crippen molar-refractivity contribution in [2.45, 2.75) is 26.4 Å². The molecule has 1 unspecified atom stereocenters. The van der Waals surface area contributed by atoms with Crippen molar-refractivity contribution in [3.63, 3.8) is 0 Å². The molecule has 0 aromatic carbocycles. The van der Waals surface area contributed by atoms with Crippen LogP contribution in [-0.2, 0) is 9.53 Å². The molecular weight excluding hydrogens is 182 g/mol. The van der Waals surface area contributed by atoms with Gasteiger partial charge in [0, 0.05) is 19.2 Å². The molecule has 0 aliphatic carbocycles. The number of aliphatic hydroxyl groups is 1. The predicted molar refractivity (Wildman–Crippen MR) is 54.9 cm³/mol. The molecule has 2 N–H and O–H groups in total. The summed E-state index contributed by atoms with van der Waals surface area (Å²) in [6, 6.07) is 0. The fraction of sp³-hybridized carbons (Fsp3) is 0.700. The fourth-order valence-electron chi connectivity index (χ4n) is 0.823. The van der Waals surface area contributed by atoms with E-state index in [4.69, 9.17) is 0 Å². The van der Waals surface area contributed by atoms with Crippen LogP contribution in [0.3, 0.4) is 0 Å². The zero-order valence-corrected chi connectivity index (χ0v) is 8.82. The minimum absolute atomic E-state index is 0.314. The lowest BCUT2D eigenvalue weighted by Gasteiger charge is -2.06. The Bertz CT molecular complexity index is 180. The molecule has 82 valence electrons. The Labute approximate surface area is 85.0 Å². The molecule has 0 saturated carbocycles. The normalized spacial score (nSPS) is 13.1. The van der Waals surface area contributed by atoms with Gasteiger partial charge in [0.05, 0.1) is 12.7 Å². The summed E-state index contributed by atoms with van der Waals surface area (Å²) in [6.07, 6.45) is 3.48. The van der Waals surface area contributed by atoms with Crippen LogP contribution in [0.4, 0.5) is 0 Å². The van der Waals surface area contributed by atoms with Crippen molar-refractivity contribution >= 4 is 5.97 Å². The smallest absolute Gasteiger partial charge is 0.330 e. The Morgan fingerprint density at radius 1 is 1.57 bits per heavy atom. The first-order valence-electron chi connectivity index (χ1n) is 4.92. The molecule has 0 aliphatic heterocycles. The van der Waals surface area contributed by atoms with Crippen molar-refractivity contribution in [2.75, 3.05) is 19.7 Å². The number of rotatable bonds is 7. The second-order valence-corrected chi connectivity index (χ2v) is 2.87. The highest BCUT2D eigenvalue weighted by atomic mass is 16.5. The summed E-state index contributed by atoms with van der Waals surface area (Å²) >= 11 is 0. The minimum atomic E-state index is -0.328. The average molecular weight is 201 g/mol. The van der Waals surface area contributed by atoms with E-state index in [1.807, 2.05) is 6.92 Å². The Morgan fingerprint density at radius 2 is 2.29 bits per heavy atom. The number of nitrogens with one attached hydrogen (secondary N) is 1. The molecule has 4 nitrogen and oxygen atoms in total. The van der Waals surface area contributed by atoms with Gasteiger partial charge in [0.15, 0.2) is 0 Å². The quantitative estimate of drug-likeness (QED) is 0.357. The lowest BCUT2D eigenvalue weighted by molar-refractivity contribution is -0.137. The third-order valence-electron chi connectivity index (χ3n) is 1.65. The molecule has 0 radical (unpaired) electrons. The number of aliphatic hydroxyl groups excluding tert-OH is 1. The van der Waals surface area contributed by atoms with Gasteiger partial charge in [-0.05, 0) is 13.3 Å². The van der Waals surface area contributed by atoms with E-state index in [2.05, 4.69) is 10.1 Å². The molecule has 0 heterocycles. The van der Waals surface area contributed by atoms with Crippen LogP contribution in [-0.4, -0.2) is 36.9 Å².